The van der Waals surface area contributed by atoms with Crippen molar-refractivity contribution in [2.75, 3.05) is 6.54 Å². The van der Waals surface area contributed by atoms with Crippen LogP contribution in [0.2, 0.25) is 0 Å². The summed E-state index contributed by atoms with van der Waals surface area (Å²) in [6.45, 7) is 6.77. The molecule has 0 radical (unpaired) electrons. The number of nitrogens with one attached hydrogen (secondary N) is 1. The third kappa shape index (κ3) is 3.64. The van der Waals surface area contributed by atoms with Gasteiger partial charge in [-0.3, -0.25) is 4.98 Å². The summed E-state index contributed by atoms with van der Waals surface area (Å²) in [4.78, 5) is 4.45. The Morgan fingerprint density at radius 1 is 1.20 bits per heavy atom. The van der Waals surface area contributed by atoms with Crippen molar-refractivity contribution in [2.45, 2.75) is 33.2 Å². The highest BCUT2D eigenvalue weighted by molar-refractivity contribution is 5.28. The second-order valence-electron chi connectivity index (χ2n) is 5.15. The molecule has 1 atom stereocenters. The summed E-state index contributed by atoms with van der Waals surface area (Å²) >= 11 is 0. The van der Waals surface area contributed by atoms with Gasteiger partial charge in [0.05, 0.1) is 0 Å². The summed E-state index contributed by atoms with van der Waals surface area (Å²) < 4.78 is 13.4. The predicted molar refractivity (Wildman–Crippen MR) is 80.2 cm³/mol. The molecule has 1 aromatic carbocycles. The quantitative estimate of drug-likeness (QED) is 0.897. The van der Waals surface area contributed by atoms with Crippen molar-refractivity contribution in [2.24, 2.45) is 0 Å². The lowest BCUT2D eigenvalue weighted by atomic mass is 9.99. The number of likely N-dealkylation sites (N-methyl/N-ethyl adjacent to an activating group) is 1. The first-order valence-corrected chi connectivity index (χ1v) is 7.01. The Balaban J connectivity index is 2.21. The second kappa shape index (κ2) is 6.62. The number of hydrogen-bond donors (Lipinski definition) is 1. The molecule has 1 aromatic heterocycles. The molecule has 1 unspecified atom stereocenters. The minimum atomic E-state index is -0.155. The van der Waals surface area contributed by atoms with Crippen molar-refractivity contribution < 1.29 is 4.39 Å². The van der Waals surface area contributed by atoms with E-state index in [0.717, 1.165) is 29.8 Å². The van der Waals surface area contributed by atoms with E-state index in [9.17, 15) is 4.39 Å². The SMILES string of the molecule is CCNC(Cc1ccc(C)cn1)c1ccc(F)c(C)c1. The van der Waals surface area contributed by atoms with E-state index in [1.807, 2.05) is 25.3 Å². The summed E-state index contributed by atoms with van der Waals surface area (Å²) in [6.07, 6.45) is 2.69. The van der Waals surface area contributed by atoms with Crippen LogP contribution in [-0.2, 0) is 6.42 Å². The van der Waals surface area contributed by atoms with E-state index in [1.54, 1.807) is 6.92 Å². The van der Waals surface area contributed by atoms with E-state index in [-0.39, 0.29) is 11.9 Å². The van der Waals surface area contributed by atoms with Gasteiger partial charge in [0.2, 0.25) is 0 Å². The van der Waals surface area contributed by atoms with Gasteiger partial charge in [0.25, 0.3) is 0 Å². The lowest BCUT2D eigenvalue weighted by Gasteiger charge is -2.19. The fraction of sp³-hybridized carbons (Fsp3) is 0.353. The number of aromatic nitrogens is 1. The van der Waals surface area contributed by atoms with Crippen LogP contribution in [0.5, 0.6) is 0 Å². The normalized spacial score (nSPS) is 12.4. The number of rotatable bonds is 5. The topological polar surface area (TPSA) is 24.9 Å². The molecule has 106 valence electrons. The van der Waals surface area contributed by atoms with Gasteiger partial charge in [-0.25, -0.2) is 4.39 Å². The monoisotopic (exact) mass is 272 g/mol. The minimum Gasteiger partial charge on any atom is -0.310 e. The molecule has 0 aliphatic carbocycles. The summed E-state index contributed by atoms with van der Waals surface area (Å²) in [5.74, 6) is -0.155. The van der Waals surface area contributed by atoms with Crippen molar-refractivity contribution in [3.63, 3.8) is 0 Å². The van der Waals surface area contributed by atoms with E-state index in [2.05, 4.69) is 29.4 Å². The van der Waals surface area contributed by atoms with Gasteiger partial charge in [-0.05, 0) is 49.2 Å². The van der Waals surface area contributed by atoms with Crippen molar-refractivity contribution in [3.05, 3.63) is 64.7 Å². The van der Waals surface area contributed by atoms with E-state index >= 15 is 0 Å². The zero-order chi connectivity index (χ0) is 14.5. The van der Waals surface area contributed by atoms with Crippen LogP contribution in [0.4, 0.5) is 4.39 Å². The van der Waals surface area contributed by atoms with Crippen LogP contribution in [0.25, 0.3) is 0 Å². The van der Waals surface area contributed by atoms with E-state index in [4.69, 9.17) is 0 Å². The fourth-order valence-electron chi connectivity index (χ4n) is 2.27. The molecular formula is C17H21FN2. The number of hydrogen-bond acceptors (Lipinski definition) is 2. The van der Waals surface area contributed by atoms with Crippen molar-refractivity contribution in [1.29, 1.82) is 0 Å². The minimum absolute atomic E-state index is 0.155. The molecule has 0 bridgehead atoms. The summed E-state index contributed by atoms with van der Waals surface area (Å²) in [5, 5.41) is 3.45. The van der Waals surface area contributed by atoms with Gasteiger partial charge in [-0.1, -0.05) is 25.1 Å². The first kappa shape index (κ1) is 14.7. The number of aryl methyl sites for hydroxylation is 2. The molecule has 0 spiro atoms. The number of halogens is 1. The van der Waals surface area contributed by atoms with E-state index < -0.39 is 0 Å². The molecule has 2 aromatic rings. The molecule has 1 N–H and O–H groups in total. The van der Waals surface area contributed by atoms with E-state index in [1.165, 1.54) is 6.07 Å². The van der Waals surface area contributed by atoms with Gasteiger partial charge in [0.1, 0.15) is 5.82 Å². The molecule has 0 saturated heterocycles. The van der Waals surface area contributed by atoms with Crippen LogP contribution >= 0.6 is 0 Å². The van der Waals surface area contributed by atoms with Crippen LogP contribution in [-0.4, -0.2) is 11.5 Å². The Morgan fingerprint density at radius 3 is 2.60 bits per heavy atom. The van der Waals surface area contributed by atoms with Crippen molar-refractivity contribution in [3.8, 4) is 0 Å². The van der Waals surface area contributed by atoms with Gasteiger partial charge < -0.3 is 5.32 Å². The third-order valence-corrected chi connectivity index (χ3v) is 3.42. The molecule has 0 aliphatic rings. The first-order valence-electron chi connectivity index (χ1n) is 7.01. The molecule has 0 amide bonds. The van der Waals surface area contributed by atoms with Crippen LogP contribution in [0.3, 0.4) is 0 Å². The molecule has 2 rings (SSSR count). The molecule has 0 saturated carbocycles. The Labute approximate surface area is 120 Å². The highest BCUT2D eigenvalue weighted by atomic mass is 19.1. The standard InChI is InChI=1S/C17H21FN2/c1-4-19-17(10-15-7-5-12(2)11-20-15)14-6-8-16(18)13(3)9-14/h5-9,11,17,19H,4,10H2,1-3H3. The van der Waals surface area contributed by atoms with Crippen molar-refractivity contribution in [1.82, 2.24) is 10.3 Å². The molecule has 0 fully saturated rings. The number of pyridine rings is 1. The van der Waals surface area contributed by atoms with Crippen LogP contribution in [0.15, 0.2) is 36.5 Å². The van der Waals surface area contributed by atoms with Crippen LogP contribution in [0, 0.1) is 19.7 Å². The Kier molecular flexibility index (Phi) is 4.85. The van der Waals surface area contributed by atoms with Gasteiger partial charge in [0.15, 0.2) is 0 Å². The lowest BCUT2D eigenvalue weighted by Crippen LogP contribution is -2.23. The Morgan fingerprint density at radius 2 is 2.00 bits per heavy atom. The third-order valence-electron chi connectivity index (χ3n) is 3.42. The summed E-state index contributed by atoms with van der Waals surface area (Å²) in [5.41, 5.74) is 3.99. The molecular weight excluding hydrogens is 251 g/mol. The maximum absolute atomic E-state index is 13.4. The average molecular weight is 272 g/mol. The van der Waals surface area contributed by atoms with Gasteiger partial charge >= 0.3 is 0 Å². The predicted octanol–water partition coefficient (Wildman–Crippen LogP) is 3.73. The van der Waals surface area contributed by atoms with Gasteiger partial charge in [-0.15, -0.1) is 0 Å². The maximum atomic E-state index is 13.4. The highest BCUT2D eigenvalue weighted by Crippen LogP contribution is 2.20. The largest absolute Gasteiger partial charge is 0.310 e. The number of nitrogens with zero attached hydrogens (tertiary/aromatic N) is 1. The molecule has 3 heteroatoms. The zero-order valence-corrected chi connectivity index (χ0v) is 12.3. The fourth-order valence-corrected chi connectivity index (χ4v) is 2.27. The highest BCUT2D eigenvalue weighted by Gasteiger charge is 2.13. The molecule has 1 heterocycles. The summed E-state index contributed by atoms with van der Waals surface area (Å²) in [6, 6.07) is 9.59. The second-order valence-corrected chi connectivity index (χ2v) is 5.15. The van der Waals surface area contributed by atoms with Gasteiger partial charge in [0, 0.05) is 24.4 Å². The Hall–Kier alpha value is -1.74. The Bertz CT molecular complexity index is 564. The molecule has 2 nitrogen and oxygen atoms in total. The average Bonchev–Trinajstić information content (AvgIpc) is 2.44. The number of benzene rings is 1. The first-order chi connectivity index (χ1) is 9.60. The molecule has 20 heavy (non-hydrogen) atoms. The van der Waals surface area contributed by atoms with Crippen LogP contribution < -0.4 is 5.32 Å². The van der Waals surface area contributed by atoms with Gasteiger partial charge in [-0.2, -0.15) is 0 Å². The zero-order valence-electron chi connectivity index (χ0n) is 12.3. The van der Waals surface area contributed by atoms with Crippen LogP contribution in [0.1, 0.15) is 35.3 Å². The van der Waals surface area contributed by atoms with E-state index in [0.29, 0.717) is 5.56 Å². The molecule has 0 aliphatic heterocycles. The lowest BCUT2D eigenvalue weighted by molar-refractivity contribution is 0.541. The smallest absolute Gasteiger partial charge is 0.126 e. The maximum Gasteiger partial charge on any atom is 0.126 e. The summed E-state index contributed by atoms with van der Waals surface area (Å²) in [7, 11) is 0. The van der Waals surface area contributed by atoms with Crippen molar-refractivity contribution >= 4 is 0 Å².